The number of hydrogen-bond acceptors (Lipinski definition) is 4. The van der Waals surface area contributed by atoms with Crippen LogP contribution in [0.15, 0.2) is 48.5 Å². The average Bonchev–Trinajstić information content (AvgIpc) is 2.74. The summed E-state index contributed by atoms with van der Waals surface area (Å²) >= 11 is 0. The van der Waals surface area contributed by atoms with Crippen LogP contribution >= 0.6 is 0 Å². The fourth-order valence-corrected chi connectivity index (χ4v) is 3.25. The standard InChI is InChI=1S/C26H31N3O4/c1-7-29(22(30)17-28-25(32)33-26(4,5)6)23(21-14-13-18(2)15-19(21)3)24(31)27-16-20-11-9-8-10-12-20/h1,8-15,23H,16-17H2,2-6H3,(H,27,31)(H,28,32). The lowest BCUT2D eigenvalue weighted by atomic mass is 9.97. The SMILES string of the molecule is C#CN(C(=O)CNC(=O)OC(C)(C)C)C(C(=O)NCc1ccccc1)c1ccc(C)cc1C. The third-order valence-electron chi connectivity index (χ3n) is 4.73. The maximum atomic E-state index is 13.3. The van der Waals surface area contributed by atoms with Gasteiger partial charge in [0.25, 0.3) is 5.91 Å². The number of nitrogens with one attached hydrogen (secondary N) is 2. The van der Waals surface area contributed by atoms with Crippen LogP contribution in [0, 0.1) is 26.3 Å². The second-order valence-corrected chi connectivity index (χ2v) is 8.71. The normalized spacial score (nSPS) is 11.6. The summed E-state index contributed by atoms with van der Waals surface area (Å²) in [4.78, 5) is 39.2. The van der Waals surface area contributed by atoms with Crippen LogP contribution in [0.4, 0.5) is 4.79 Å². The smallest absolute Gasteiger partial charge is 0.408 e. The van der Waals surface area contributed by atoms with Crippen molar-refractivity contribution in [3.63, 3.8) is 0 Å². The Kier molecular flexibility index (Phi) is 8.63. The van der Waals surface area contributed by atoms with Gasteiger partial charge in [0, 0.05) is 12.6 Å². The first-order valence-corrected chi connectivity index (χ1v) is 10.7. The highest BCUT2D eigenvalue weighted by Crippen LogP contribution is 2.25. The highest BCUT2D eigenvalue weighted by molar-refractivity contribution is 5.91. The van der Waals surface area contributed by atoms with E-state index in [1.165, 1.54) is 0 Å². The molecule has 174 valence electrons. The molecule has 0 saturated carbocycles. The largest absolute Gasteiger partial charge is 0.444 e. The predicted octanol–water partition coefficient (Wildman–Crippen LogP) is 3.60. The maximum Gasteiger partial charge on any atom is 0.408 e. The van der Waals surface area contributed by atoms with Gasteiger partial charge >= 0.3 is 6.09 Å². The third-order valence-corrected chi connectivity index (χ3v) is 4.73. The Bertz CT molecular complexity index is 1040. The van der Waals surface area contributed by atoms with Crippen molar-refractivity contribution in [2.75, 3.05) is 6.54 Å². The molecule has 2 N–H and O–H groups in total. The van der Waals surface area contributed by atoms with E-state index in [1.807, 2.05) is 56.3 Å². The monoisotopic (exact) mass is 449 g/mol. The van der Waals surface area contributed by atoms with Gasteiger partial charge in [-0.1, -0.05) is 60.5 Å². The maximum absolute atomic E-state index is 13.3. The second-order valence-electron chi connectivity index (χ2n) is 8.71. The van der Waals surface area contributed by atoms with Crippen molar-refractivity contribution >= 4 is 17.9 Å². The zero-order chi connectivity index (χ0) is 24.6. The lowest BCUT2D eigenvalue weighted by Crippen LogP contribution is -2.45. The minimum absolute atomic E-state index is 0.282. The Balaban J connectivity index is 2.26. The van der Waals surface area contributed by atoms with E-state index < -0.39 is 36.1 Å². The van der Waals surface area contributed by atoms with Crippen molar-refractivity contribution in [1.82, 2.24) is 15.5 Å². The molecule has 1 atom stereocenters. The molecule has 0 aliphatic heterocycles. The fraction of sp³-hybridized carbons (Fsp3) is 0.346. The number of aryl methyl sites for hydroxylation is 2. The van der Waals surface area contributed by atoms with Crippen molar-refractivity contribution in [2.24, 2.45) is 0 Å². The van der Waals surface area contributed by atoms with E-state index in [0.29, 0.717) is 5.56 Å². The number of nitrogens with zero attached hydrogens (tertiary/aromatic N) is 1. The van der Waals surface area contributed by atoms with Gasteiger partial charge in [-0.05, 0) is 51.3 Å². The summed E-state index contributed by atoms with van der Waals surface area (Å²) in [5, 5.41) is 5.27. The Hall–Kier alpha value is -3.79. The number of carbonyl (C=O) groups is 3. The average molecular weight is 450 g/mol. The van der Waals surface area contributed by atoms with Crippen LogP contribution in [0.2, 0.25) is 0 Å². The predicted molar refractivity (Wildman–Crippen MR) is 127 cm³/mol. The summed E-state index contributed by atoms with van der Waals surface area (Å²) in [5.74, 6) is -1.03. The van der Waals surface area contributed by atoms with Crippen molar-refractivity contribution in [3.8, 4) is 12.5 Å². The van der Waals surface area contributed by atoms with Gasteiger partial charge in [0.15, 0.2) is 0 Å². The number of ether oxygens (including phenoxy) is 1. The van der Waals surface area contributed by atoms with Crippen molar-refractivity contribution in [2.45, 2.75) is 52.8 Å². The molecule has 1 unspecified atom stereocenters. The first-order chi connectivity index (χ1) is 15.5. The molecule has 0 bridgehead atoms. The van der Waals surface area contributed by atoms with E-state index >= 15 is 0 Å². The molecule has 0 saturated heterocycles. The summed E-state index contributed by atoms with van der Waals surface area (Å²) in [5.41, 5.74) is 2.65. The molecule has 0 aromatic heterocycles. The van der Waals surface area contributed by atoms with Crippen LogP contribution in [0.25, 0.3) is 0 Å². The molecule has 2 aromatic carbocycles. The molecule has 2 aromatic rings. The van der Waals surface area contributed by atoms with Crippen LogP contribution in [-0.2, 0) is 20.9 Å². The van der Waals surface area contributed by atoms with Crippen LogP contribution in [0.3, 0.4) is 0 Å². The minimum atomic E-state index is -1.06. The topological polar surface area (TPSA) is 87.7 Å². The lowest BCUT2D eigenvalue weighted by molar-refractivity contribution is -0.136. The van der Waals surface area contributed by atoms with Gasteiger partial charge in [0.1, 0.15) is 18.2 Å². The van der Waals surface area contributed by atoms with E-state index in [-0.39, 0.29) is 6.54 Å². The molecule has 0 aliphatic rings. The van der Waals surface area contributed by atoms with Crippen LogP contribution in [0.5, 0.6) is 0 Å². The number of benzene rings is 2. The number of rotatable bonds is 7. The van der Waals surface area contributed by atoms with E-state index in [0.717, 1.165) is 21.6 Å². The number of alkyl carbamates (subject to hydrolysis) is 1. The van der Waals surface area contributed by atoms with Crippen LogP contribution in [-0.4, -0.2) is 35.0 Å². The zero-order valence-corrected chi connectivity index (χ0v) is 19.8. The van der Waals surface area contributed by atoms with E-state index in [1.54, 1.807) is 26.8 Å². The molecule has 0 spiro atoms. The van der Waals surface area contributed by atoms with Crippen molar-refractivity contribution in [1.29, 1.82) is 0 Å². The van der Waals surface area contributed by atoms with Gasteiger partial charge in [-0.25, -0.2) is 4.79 Å². The molecular formula is C26H31N3O4. The summed E-state index contributed by atoms with van der Waals surface area (Å²) in [7, 11) is 0. The summed E-state index contributed by atoms with van der Waals surface area (Å²) in [6.45, 7) is 8.82. The van der Waals surface area contributed by atoms with Crippen LogP contribution in [0.1, 0.15) is 49.1 Å². The highest BCUT2D eigenvalue weighted by Gasteiger charge is 2.32. The molecule has 7 heteroatoms. The Labute approximate surface area is 195 Å². The Morgan fingerprint density at radius 1 is 1.06 bits per heavy atom. The number of amides is 3. The number of carbonyl (C=O) groups excluding carboxylic acids is 3. The molecule has 3 amide bonds. The first-order valence-electron chi connectivity index (χ1n) is 10.7. The summed E-state index contributed by atoms with van der Waals surface area (Å²) in [6, 6.07) is 16.3. The molecular weight excluding hydrogens is 418 g/mol. The van der Waals surface area contributed by atoms with Crippen LogP contribution < -0.4 is 10.6 Å². The van der Waals surface area contributed by atoms with Gasteiger partial charge in [-0.2, -0.15) is 0 Å². The van der Waals surface area contributed by atoms with E-state index in [2.05, 4.69) is 16.7 Å². The number of terminal acetylenes is 1. The molecule has 2 rings (SSSR count). The molecule has 0 fully saturated rings. The quantitative estimate of drug-likeness (QED) is 0.499. The van der Waals surface area contributed by atoms with Crippen molar-refractivity contribution < 1.29 is 19.1 Å². The van der Waals surface area contributed by atoms with Gasteiger partial charge in [0.2, 0.25) is 5.91 Å². The van der Waals surface area contributed by atoms with Gasteiger partial charge in [-0.3, -0.25) is 14.5 Å². The lowest BCUT2D eigenvalue weighted by Gasteiger charge is -2.28. The molecule has 0 aliphatic carbocycles. The summed E-state index contributed by atoms with van der Waals surface area (Å²) in [6.07, 6.45) is 4.93. The third kappa shape index (κ3) is 7.69. The van der Waals surface area contributed by atoms with Gasteiger partial charge in [-0.15, -0.1) is 0 Å². The van der Waals surface area contributed by atoms with Gasteiger partial charge in [0.05, 0.1) is 0 Å². The fourth-order valence-electron chi connectivity index (χ4n) is 3.25. The van der Waals surface area contributed by atoms with Gasteiger partial charge < -0.3 is 15.4 Å². The zero-order valence-electron chi connectivity index (χ0n) is 19.8. The Morgan fingerprint density at radius 2 is 1.73 bits per heavy atom. The van der Waals surface area contributed by atoms with E-state index in [4.69, 9.17) is 11.2 Å². The minimum Gasteiger partial charge on any atom is -0.444 e. The summed E-state index contributed by atoms with van der Waals surface area (Å²) < 4.78 is 5.16. The Morgan fingerprint density at radius 3 is 2.30 bits per heavy atom. The molecule has 33 heavy (non-hydrogen) atoms. The first kappa shape index (κ1) is 25.5. The molecule has 7 nitrogen and oxygen atoms in total. The van der Waals surface area contributed by atoms with E-state index in [9.17, 15) is 14.4 Å². The highest BCUT2D eigenvalue weighted by atomic mass is 16.6. The molecule has 0 heterocycles. The second kappa shape index (κ2) is 11.2. The number of hydrogen-bond donors (Lipinski definition) is 2. The van der Waals surface area contributed by atoms with Crippen molar-refractivity contribution in [3.05, 3.63) is 70.8 Å². The molecule has 0 radical (unpaired) electrons.